The molecule has 1 aliphatic rings. The van der Waals surface area contributed by atoms with Crippen LogP contribution in [0.2, 0.25) is 0 Å². The van der Waals surface area contributed by atoms with Crippen molar-refractivity contribution in [1.29, 1.82) is 0 Å². The number of anilines is 1. The maximum absolute atomic E-state index is 13.8. The van der Waals surface area contributed by atoms with Crippen molar-refractivity contribution in [2.24, 2.45) is 14.1 Å². The van der Waals surface area contributed by atoms with Crippen molar-refractivity contribution in [3.8, 4) is 22.7 Å². The van der Waals surface area contributed by atoms with E-state index in [1.807, 2.05) is 54.6 Å². The summed E-state index contributed by atoms with van der Waals surface area (Å²) in [7, 11) is 4.92. The average molecular weight is 493 g/mol. The lowest BCUT2D eigenvalue weighted by Crippen LogP contribution is -2.37. The quantitative estimate of drug-likeness (QED) is 0.392. The molecule has 0 saturated carbocycles. The van der Waals surface area contributed by atoms with Crippen molar-refractivity contribution in [3.05, 3.63) is 110 Å². The highest BCUT2D eigenvalue weighted by molar-refractivity contribution is 5.99. The molecule has 0 fully saturated rings. The van der Waals surface area contributed by atoms with Crippen LogP contribution in [0.15, 0.2) is 76.3 Å². The Bertz CT molecular complexity index is 1830. The van der Waals surface area contributed by atoms with Gasteiger partial charge in [0, 0.05) is 19.7 Å². The lowest BCUT2D eigenvalue weighted by molar-refractivity contribution is 0.408. The van der Waals surface area contributed by atoms with Crippen LogP contribution in [0.3, 0.4) is 0 Å². The van der Waals surface area contributed by atoms with E-state index in [4.69, 9.17) is 4.74 Å². The number of methoxy groups -OCH3 is 1. The Morgan fingerprint density at radius 1 is 0.865 bits per heavy atom. The molecule has 5 aromatic rings. The van der Waals surface area contributed by atoms with E-state index in [2.05, 4.69) is 35.9 Å². The van der Waals surface area contributed by atoms with Gasteiger partial charge in [-0.2, -0.15) is 0 Å². The summed E-state index contributed by atoms with van der Waals surface area (Å²) >= 11 is 0. The summed E-state index contributed by atoms with van der Waals surface area (Å²) in [5.74, 6) is 0.725. The zero-order valence-electron chi connectivity index (χ0n) is 21.5. The molecular weight excluding hydrogens is 464 g/mol. The van der Waals surface area contributed by atoms with Crippen molar-refractivity contribution in [1.82, 2.24) is 13.7 Å². The summed E-state index contributed by atoms with van der Waals surface area (Å²) in [6.45, 7) is 4.18. The van der Waals surface area contributed by atoms with E-state index in [9.17, 15) is 9.59 Å². The van der Waals surface area contributed by atoms with Crippen molar-refractivity contribution in [2.75, 3.05) is 12.4 Å². The summed E-state index contributed by atoms with van der Waals surface area (Å²) in [5, 5.41) is 4.24. The van der Waals surface area contributed by atoms with E-state index in [0.29, 0.717) is 10.9 Å². The van der Waals surface area contributed by atoms with Gasteiger partial charge in [-0.25, -0.2) is 4.79 Å². The Labute approximate surface area is 214 Å². The van der Waals surface area contributed by atoms with Gasteiger partial charge in [0.2, 0.25) is 0 Å². The Kier molecular flexibility index (Phi) is 5.12. The normalized spacial score (nSPS) is 14.2. The monoisotopic (exact) mass is 492 g/mol. The predicted octanol–water partition coefficient (Wildman–Crippen LogP) is 4.84. The minimum Gasteiger partial charge on any atom is -0.496 e. The van der Waals surface area contributed by atoms with Gasteiger partial charge < -0.3 is 14.6 Å². The van der Waals surface area contributed by atoms with Crippen LogP contribution in [0.5, 0.6) is 5.75 Å². The molecule has 1 atom stereocenters. The zero-order valence-corrected chi connectivity index (χ0v) is 21.5. The summed E-state index contributed by atoms with van der Waals surface area (Å²) in [4.78, 5) is 27.0. The largest absolute Gasteiger partial charge is 0.496 e. The van der Waals surface area contributed by atoms with Crippen LogP contribution >= 0.6 is 0 Å². The second-order valence-corrected chi connectivity index (χ2v) is 9.64. The van der Waals surface area contributed by atoms with Gasteiger partial charge in [-0.3, -0.25) is 13.9 Å². The highest BCUT2D eigenvalue weighted by atomic mass is 16.5. The second-order valence-electron chi connectivity index (χ2n) is 9.64. The molecule has 186 valence electrons. The van der Waals surface area contributed by atoms with Crippen LogP contribution in [-0.4, -0.2) is 20.8 Å². The fourth-order valence-corrected chi connectivity index (χ4v) is 5.54. The van der Waals surface area contributed by atoms with Crippen molar-refractivity contribution >= 4 is 16.6 Å². The molecule has 3 aromatic carbocycles. The van der Waals surface area contributed by atoms with E-state index >= 15 is 0 Å². The van der Waals surface area contributed by atoms with Crippen LogP contribution in [0.25, 0.3) is 27.8 Å². The first-order chi connectivity index (χ1) is 17.8. The molecule has 3 heterocycles. The summed E-state index contributed by atoms with van der Waals surface area (Å²) < 4.78 is 10.7. The molecule has 0 radical (unpaired) electrons. The third-order valence-corrected chi connectivity index (χ3v) is 7.53. The summed E-state index contributed by atoms with van der Waals surface area (Å²) in [5.41, 5.74) is 7.54. The fraction of sp³-hybridized carbons (Fsp3) is 0.200. The smallest absolute Gasteiger partial charge is 0.331 e. The summed E-state index contributed by atoms with van der Waals surface area (Å²) in [6.07, 6.45) is 0. The third-order valence-electron chi connectivity index (χ3n) is 7.53. The maximum atomic E-state index is 13.8. The highest BCUT2D eigenvalue weighted by Crippen LogP contribution is 2.47. The zero-order chi connectivity index (χ0) is 26.0. The molecule has 7 nitrogen and oxygen atoms in total. The molecule has 0 amide bonds. The van der Waals surface area contributed by atoms with Crippen molar-refractivity contribution in [3.63, 3.8) is 0 Å². The van der Waals surface area contributed by atoms with Gasteiger partial charge in [-0.15, -0.1) is 0 Å². The van der Waals surface area contributed by atoms with Crippen LogP contribution < -0.4 is 21.3 Å². The van der Waals surface area contributed by atoms with Gasteiger partial charge >= 0.3 is 5.69 Å². The summed E-state index contributed by atoms with van der Waals surface area (Å²) in [6, 6.07) is 21.7. The van der Waals surface area contributed by atoms with Gasteiger partial charge in [0.05, 0.1) is 46.8 Å². The van der Waals surface area contributed by atoms with Crippen molar-refractivity contribution in [2.45, 2.75) is 19.9 Å². The van der Waals surface area contributed by atoms with Gasteiger partial charge in [0.15, 0.2) is 0 Å². The van der Waals surface area contributed by atoms with Crippen LogP contribution in [0, 0.1) is 13.8 Å². The standard InChI is InChI=1S/C30H28N4O3/c1-17-15-21-22(16-18(17)2)34-26(19-11-7-6-8-12-19)24-27(32(3)30(36)33(4)29(24)35)28(34)25(31-21)20-13-9-10-14-23(20)37-5/h6-16,25,31H,1-5H3/t25-/m1/s1. The van der Waals surface area contributed by atoms with Gasteiger partial charge in [-0.1, -0.05) is 48.5 Å². The van der Waals surface area contributed by atoms with Gasteiger partial charge in [0.25, 0.3) is 5.56 Å². The van der Waals surface area contributed by atoms with Gasteiger partial charge in [0.1, 0.15) is 5.75 Å². The Hall–Kier alpha value is -4.52. The molecule has 6 rings (SSSR count). The number of fused-ring (bicyclic) bond motifs is 5. The predicted molar refractivity (Wildman–Crippen MR) is 147 cm³/mol. The first-order valence-electron chi connectivity index (χ1n) is 12.2. The van der Waals surface area contributed by atoms with Gasteiger partial charge in [-0.05, 0) is 48.7 Å². The minimum atomic E-state index is -0.372. The topological polar surface area (TPSA) is 70.2 Å². The van der Waals surface area contributed by atoms with Crippen LogP contribution in [-0.2, 0) is 14.1 Å². The number of nitrogens with one attached hydrogen (secondary N) is 1. The molecule has 0 saturated heterocycles. The van der Waals surface area contributed by atoms with E-state index in [0.717, 1.165) is 50.8 Å². The first kappa shape index (κ1) is 22.9. The van der Waals surface area contributed by atoms with Crippen LogP contribution in [0.4, 0.5) is 5.69 Å². The number of aromatic nitrogens is 3. The molecule has 0 bridgehead atoms. The molecule has 1 aliphatic heterocycles. The van der Waals surface area contributed by atoms with E-state index in [1.54, 1.807) is 18.7 Å². The molecule has 0 unspecified atom stereocenters. The Balaban J connectivity index is 1.89. The van der Waals surface area contributed by atoms with E-state index < -0.39 is 0 Å². The highest BCUT2D eigenvalue weighted by Gasteiger charge is 2.36. The minimum absolute atomic E-state index is 0.317. The molecule has 1 N–H and O–H groups in total. The van der Waals surface area contributed by atoms with E-state index in [-0.39, 0.29) is 17.3 Å². The lowest BCUT2D eigenvalue weighted by atomic mass is 9.97. The fourth-order valence-electron chi connectivity index (χ4n) is 5.54. The molecule has 0 spiro atoms. The molecule has 2 aromatic heterocycles. The number of hydrogen-bond donors (Lipinski definition) is 1. The van der Waals surface area contributed by atoms with Crippen molar-refractivity contribution < 1.29 is 4.74 Å². The SMILES string of the molecule is COc1ccccc1[C@H]1Nc2cc(C)c(C)cc2-n2c(-c3ccccc3)c3c(=O)n(C)c(=O)n(C)c3c21. The number of hydrogen-bond acceptors (Lipinski definition) is 4. The molecular formula is C30H28N4O3. The number of ether oxygens (including phenoxy) is 1. The second kappa shape index (κ2) is 8.27. The maximum Gasteiger partial charge on any atom is 0.331 e. The lowest BCUT2D eigenvalue weighted by Gasteiger charge is -2.32. The third kappa shape index (κ3) is 3.20. The molecule has 37 heavy (non-hydrogen) atoms. The molecule has 7 heteroatoms. The Morgan fingerprint density at radius 3 is 2.27 bits per heavy atom. The number of rotatable bonds is 3. The number of para-hydroxylation sites is 1. The first-order valence-corrected chi connectivity index (χ1v) is 12.2. The van der Waals surface area contributed by atoms with E-state index in [1.165, 1.54) is 11.6 Å². The number of aryl methyl sites for hydroxylation is 3. The number of benzene rings is 3. The van der Waals surface area contributed by atoms with Crippen LogP contribution in [0.1, 0.15) is 28.4 Å². The number of nitrogens with zero attached hydrogens (tertiary/aromatic N) is 3. The Morgan fingerprint density at radius 2 is 1.54 bits per heavy atom. The average Bonchev–Trinajstić information content (AvgIpc) is 3.28. The molecule has 0 aliphatic carbocycles.